The van der Waals surface area contributed by atoms with Crippen molar-refractivity contribution in [2.45, 2.75) is 57.4 Å². The Morgan fingerprint density at radius 3 is 2.95 bits per heavy atom. The zero-order chi connectivity index (χ0) is 13.8. The molecule has 2 nitrogen and oxygen atoms in total. The Bertz CT molecular complexity index is 431. The molecule has 2 heteroatoms. The molecule has 1 aromatic rings. The molecule has 1 fully saturated rings. The lowest BCUT2D eigenvalue weighted by Gasteiger charge is -2.33. The predicted molar refractivity (Wildman–Crippen MR) is 83.3 cm³/mol. The van der Waals surface area contributed by atoms with Crippen molar-refractivity contribution in [1.82, 2.24) is 5.32 Å². The summed E-state index contributed by atoms with van der Waals surface area (Å²) in [6, 6.07) is 9.33. The third-order valence-corrected chi connectivity index (χ3v) is 4.95. The van der Waals surface area contributed by atoms with Crippen molar-refractivity contribution in [2.75, 3.05) is 13.2 Å². The Labute approximate surface area is 122 Å². The number of hydrogen-bond acceptors (Lipinski definition) is 2. The van der Waals surface area contributed by atoms with Crippen LogP contribution in [0.4, 0.5) is 0 Å². The number of benzene rings is 1. The molecule has 2 aliphatic rings. The lowest BCUT2D eigenvalue weighted by atomic mass is 9.78. The van der Waals surface area contributed by atoms with Crippen LogP contribution in [0.1, 0.15) is 56.9 Å². The summed E-state index contributed by atoms with van der Waals surface area (Å²) in [5.74, 6) is 2.56. The van der Waals surface area contributed by atoms with E-state index in [9.17, 15) is 0 Å². The van der Waals surface area contributed by atoms with Crippen LogP contribution >= 0.6 is 0 Å². The zero-order valence-corrected chi connectivity index (χ0v) is 12.6. The van der Waals surface area contributed by atoms with E-state index < -0.39 is 0 Å². The Kier molecular flexibility index (Phi) is 4.62. The van der Waals surface area contributed by atoms with Crippen LogP contribution in [-0.2, 0) is 0 Å². The molecule has 0 radical (unpaired) electrons. The quantitative estimate of drug-likeness (QED) is 0.871. The lowest BCUT2D eigenvalue weighted by Crippen LogP contribution is -2.39. The molecule has 3 rings (SSSR count). The van der Waals surface area contributed by atoms with Crippen LogP contribution in [0.3, 0.4) is 0 Å². The molecular weight excluding hydrogens is 246 g/mol. The first kappa shape index (κ1) is 13.9. The second-order valence-corrected chi connectivity index (χ2v) is 6.39. The number of nitrogens with one attached hydrogen (secondary N) is 1. The van der Waals surface area contributed by atoms with Crippen LogP contribution in [0.5, 0.6) is 5.75 Å². The van der Waals surface area contributed by atoms with E-state index in [2.05, 4.69) is 36.5 Å². The molecule has 3 atom stereocenters. The Balaban J connectivity index is 1.64. The lowest BCUT2D eigenvalue weighted by molar-refractivity contribution is 0.222. The van der Waals surface area contributed by atoms with Crippen LogP contribution in [0.2, 0.25) is 0 Å². The minimum Gasteiger partial charge on any atom is -0.493 e. The van der Waals surface area contributed by atoms with Crippen molar-refractivity contribution in [3.8, 4) is 5.75 Å². The van der Waals surface area contributed by atoms with Gasteiger partial charge in [-0.1, -0.05) is 38.0 Å². The largest absolute Gasteiger partial charge is 0.493 e. The van der Waals surface area contributed by atoms with E-state index in [0.717, 1.165) is 24.3 Å². The van der Waals surface area contributed by atoms with Crippen LogP contribution in [0.25, 0.3) is 0 Å². The topological polar surface area (TPSA) is 21.3 Å². The Morgan fingerprint density at radius 1 is 1.20 bits per heavy atom. The second kappa shape index (κ2) is 6.62. The maximum Gasteiger partial charge on any atom is 0.122 e. The van der Waals surface area contributed by atoms with E-state index in [1.54, 1.807) is 0 Å². The van der Waals surface area contributed by atoms with Crippen molar-refractivity contribution in [1.29, 1.82) is 0 Å². The fraction of sp³-hybridized carbons (Fsp3) is 0.667. The summed E-state index contributed by atoms with van der Waals surface area (Å²) in [5.41, 5.74) is 1.44. The second-order valence-electron chi connectivity index (χ2n) is 6.39. The van der Waals surface area contributed by atoms with Gasteiger partial charge in [0.25, 0.3) is 0 Å². The van der Waals surface area contributed by atoms with Gasteiger partial charge < -0.3 is 10.1 Å². The van der Waals surface area contributed by atoms with Gasteiger partial charge in [0.2, 0.25) is 0 Å². The summed E-state index contributed by atoms with van der Waals surface area (Å²) in [5, 5.41) is 3.78. The van der Waals surface area contributed by atoms with Gasteiger partial charge >= 0.3 is 0 Å². The molecule has 0 aromatic heterocycles. The van der Waals surface area contributed by atoms with Crippen molar-refractivity contribution in [3.05, 3.63) is 29.8 Å². The van der Waals surface area contributed by atoms with E-state index in [1.165, 1.54) is 50.6 Å². The molecule has 3 unspecified atom stereocenters. The maximum absolute atomic E-state index is 5.85. The fourth-order valence-corrected chi connectivity index (χ4v) is 3.88. The number of fused-ring (bicyclic) bond motifs is 1. The maximum atomic E-state index is 5.85. The standard InChI is InChI=1S/C18H27NO/c1-2-11-19-17-9-5-3-7-14(17)12-15-13-20-18-10-6-4-8-16(15)18/h4,6,8,10,14-15,17,19H,2-3,5,7,9,11-13H2,1H3. The van der Waals surface area contributed by atoms with Crippen molar-refractivity contribution >= 4 is 0 Å². The van der Waals surface area contributed by atoms with E-state index in [-0.39, 0.29) is 0 Å². The normalized spacial score (nSPS) is 28.9. The van der Waals surface area contributed by atoms with Gasteiger partial charge in [0.05, 0.1) is 6.61 Å². The van der Waals surface area contributed by atoms with Crippen LogP contribution in [0.15, 0.2) is 24.3 Å². The number of hydrogen-bond donors (Lipinski definition) is 1. The van der Waals surface area contributed by atoms with E-state index in [0.29, 0.717) is 5.92 Å². The third-order valence-electron chi connectivity index (χ3n) is 4.95. The van der Waals surface area contributed by atoms with Gasteiger partial charge in [-0.3, -0.25) is 0 Å². The third kappa shape index (κ3) is 3.01. The van der Waals surface area contributed by atoms with Gasteiger partial charge in [-0.05, 0) is 44.2 Å². The van der Waals surface area contributed by atoms with Gasteiger partial charge in [0.15, 0.2) is 0 Å². The number of para-hydroxylation sites is 1. The molecule has 1 N–H and O–H groups in total. The highest BCUT2D eigenvalue weighted by Crippen LogP contribution is 2.40. The molecule has 0 saturated heterocycles. The minimum absolute atomic E-state index is 0.611. The van der Waals surface area contributed by atoms with Crippen molar-refractivity contribution < 1.29 is 4.74 Å². The first-order chi connectivity index (χ1) is 9.88. The fourth-order valence-electron chi connectivity index (χ4n) is 3.88. The summed E-state index contributed by atoms with van der Waals surface area (Å²) in [6.07, 6.45) is 8.08. The van der Waals surface area contributed by atoms with Crippen LogP contribution in [-0.4, -0.2) is 19.2 Å². The van der Waals surface area contributed by atoms with Gasteiger partial charge in [-0.15, -0.1) is 0 Å². The van der Waals surface area contributed by atoms with E-state index in [1.807, 2.05) is 0 Å². The Morgan fingerprint density at radius 2 is 2.05 bits per heavy atom. The Hall–Kier alpha value is -1.02. The smallest absolute Gasteiger partial charge is 0.122 e. The first-order valence-corrected chi connectivity index (χ1v) is 8.33. The van der Waals surface area contributed by atoms with Gasteiger partial charge in [0, 0.05) is 17.5 Å². The average molecular weight is 273 g/mol. The molecule has 1 heterocycles. The number of rotatable bonds is 5. The zero-order valence-electron chi connectivity index (χ0n) is 12.6. The summed E-state index contributed by atoms with van der Waals surface area (Å²) >= 11 is 0. The van der Waals surface area contributed by atoms with Gasteiger partial charge in [-0.2, -0.15) is 0 Å². The highest BCUT2D eigenvalue weighted by atomic mass is 16.5. The van der Waals surface area contributed by atoms with Crippen molar-refractivity contribution in [2.24, 2.45) is 5.92 Å². The summed E-state index contributed by atoms with van der Waals surface area (Å²) in [4.78, 5) is 0. The molecule has 1 aliphatic heterocycles. The van der Waals surface area contributed by atoms with Gasteiger partial charge in [-0.25, -0.2) is 0 Å². The average Bonchev–Trinajstić information content (AvgIpc) is 2.90. The summed E-state index contributed by atoms with van der Waals surface area (Å²) < 4.78 is 5.85. The monoisotopic (exact) mass is 273 g/mol. The SMILES string of the molecule is CCCNC1CCCCC1CC1COc2ccccc21. The molecule has 1 aliphatic carbocycles. The highest BCUT2D eigenvalue weighted by Gasteiger charge is 2.31. The minimum atomic E-state index is 0.611. The van der Waals surface area contributed by atoms with Gasteiger partial charge in [0.1, 0.15) is 5.75 Å². The van der Waals surface area contributed by atoms with Crippen LogP contribution in [0, 0.1) is 5.92 Å². The highest BCUT2D eigenvalue weighted by molar-refractivity contribution is 5.39. The molecule has 1 aromatic carbocycles. The van der Waals surface area contributed by atoms with E-state index >= 15 is 0 Å². The summed E-state index contributed by atoms with van der Waals surface area (Å²) in [7, 11) is 0. The molecule has 20 heavy (non-hydrogen) atoms. The molecule has 0 bridgehead atoms. The molecule has 1 saturated carbocycles. The molecular formula is C18H27NO. The van der Waals surface area contributed by atoms with Crippen molar-refractivity contribution in [3.63, 3.8) is 0 Å². The number of ether oxygens (including phenoxy) is 1. The molecule has 110 valence electrons. The first-order valence-electron chi connectivity index (χ1n) is 8.33. The van der Waals surface area contributed by atoms with Crippen LogP contribution < -0.4 is 10.1 Å². The summed E-state index contributed by atoms with van der Waals surface area (Å²) in [6.45, 7) is 4.31. The predicted octanol–water partition coefficient (Wildman–Crippen LogP) is 4.11. The molecule has 0 spiro atoms. The molecule has 0 amide bonds. The van der Waals surface area contributed by atoms with E-state index in [4.69, 9.17) is 4.74 Å².